The minimum Gasteiger partial charge on any atom is -0.493 e. The van der Waals surface area contributed by atoms with Gasteiger partial charge < -0.3 is 29.5 Å². The first-order valence-electron chi connectivity index (χ1n) is 13.2. The highest BCUT2D eigenvalue weighted by Gasteiger charge is 2.31. The van der Waals surface area contributed by atoms with Gasteiger partial charge in [0.15, 0.2) is 17.3 Å². The van der Waals surface area contributed by atoms with Crippen molar-refractivity contribution in [2.75, 3.05) is 52.7 Å². The van der Waals surface area contributed by atoms with E-state index in [2.05, 4.69) is 27.2 Å². The van der Waals surface area contributed by atoms with E-state index in [9.17, 15) is 9.18 Å². The lowest BCUT2D eigenvalue weighted by Gasteiger charge is -2.39. The molecule has 1 aliphatic heterocycles. The zero-order valence-electron chi connectivity index (χ0n) is 22.5. The molecule has 2 heterocycles. The van der Waals surface area contributed by atoms with Gasteiger partial charge in [0.1, 0.15) is 12.1 Å². The number of carbonyl (C=O) groups is 1. The van der Waals surface area contributed by atoms with E-state index < -0.39 is 5.82 Å². The number of likely N-dealkylation sites (N-methyl/N-ethyl adjacent to an activating group) is 1. The van der Waals surface area contributed by atoms with Gasteiger partial charge in [-0.15, -0.1) is 0 Å². The van der Waals surface area contributed by atoms with Gasteiger partial charge in [0.25, 0.3) is 0 Å². The third-order valence-electron chi connectivity index (χ3n) is 7.69. The Morgan fingerprint density at radius 2 is 1.85 bits per heavy atom. The highest BCUT2D eigenvalue weighted by molar-refractivity contribution is 6.31. The molecule has 0 radical (unpaired) electrons. The summed E-state index contributed by atoms with van der Waals surface area (Å²) in [7, 11) is 5.59. The first-order chi connectivity index (χ1) is 18.8. The number of hydrogen-bond acceptors (Lipinski definition) is 7. The van der Waals surface area contributed by atoms with Crippen LogP contribution < -0.4 is 14.8 Å². The molecule has 39 heavy (non-hydrogen) atoms. The Balaban J connectivity index is 1.28. The zero-order chi connectivity index (χ0) is 27.5. The largest absolute Gasteiger partial charge is 0.493 e. The van der Waals surface area contributed by atoms with Gasteiger partial charge in [0.05, 0.1) is 29.4 Å². The summed E-state index contributed by atoms with van der Waals surface area (Å²) in [5.74, 6) is 1.01. The third kappa shape index (κ3) is 5.96. The number of fused-ring (bicyclic) bond motifs is 1. The fourth-order valence-electron chi connectivity index (χ4n) is 5.25. The summed E-state index contributed by atoms with van der Waals surface area (Å²) in [6, 6.07) is 8.67. The van der Waals surface area contributed by atoms with Crippen LogP contribution in [0, 0.1) is 5.82 Å². The van der Waals surface area contributed by atoms with Crippen LogP contribution in [0.1, 0.15) is 25.7 Å². The zero-order valence-corrected chi connectivity index (χ0v) is 23.2. The molecular formula is C28H34ClFN6O3. The van der Waals surface area contributed by atoms with Crippen molar-refractivity contribution < 1.29 is 18.7 Å². The number of hydrogen-bond donors (Lipinski definition) is 1. The highest BCUT2D eigenvalue weighted by Crippen LogP contribution is 2.37. The van der Waals surface area contributed by atoms with Crippen molar-refractivity contribution in [2.45, 2.75) is 37.8 Å². The number of piperazine rings is 1. The van der Waals surface area contributed by atoms with Gasteiger partial charge in [0.2, 0.25) is 0 Å². The molecule has 1 aromatic heterocycles. The van der Waals surface area contributed by atoms with Gasteiger partial charge in [-0.2, -0.15) is 0 Å². The molecule has 11 heteroatoms. The van der Waals surface area contributed by atoms with E-state index in [4.69, 9.17) is 21.1 Å². The van der Waals surface area contributed by atoms with Crippen LogP contribution in [0.25, 0.3) is 10.9 Å². The van der Waals surface area contributed by atoms with Gasteiger partial charge in [-0.3, -0.25) is 0 Å². The van der Waals surface area contributed by atoms with Crippen LogP contribution in [0.15, 0.2) is 36.7 Å². The molecule has 5 rings (SSSR count). The predicted octanol–water partition coefficient (Wildman–Crippen LogP) is 5.16. The maximum atomic E-state index is 14.5. The van der Waals surface area contributed by atoms with E-state index in [1.165, 1.54) is 12.4 Å². The number of aromatic nitrogens is 2. The number of rotatable bonds is 6. The maximum Gasteiger partial charge on any atom is 0.320 e. The van der Waals surface area contributed by atoms with Gasteiger partial charge >= 0.3 is 6.03 Å². The van der Waals surface area contributed by atoms with Crippen LogP contribution in [0.3, 0.4) is 0 Å². The number of methoxy groups -OCH3 is 1. The maximum absolute atomic E-state index is 14.5. The normalized spacial score (nSPS) is 20.1. The van der Waals surface area contributed by atoms with E-state index in [-0.39, 0.29) is 28.9 Å². The van der Waals surface area contributed by atoms with Crippen LogP contribution >= 0.6 is 11.6 Å². The Hall–Kier alpha value is -3.37. The van der Waals surface area contributed by atoms with Crippen molar-refractivity contribution in [1.29, 1.82) is 0 Å². The SMILES string of the molecule is COc1cc2ncnc(Nc3cccc(Cl)c3F)c2cc1O[C@H]1CC[C@@H](N(C)C(=O)N2CCN(C)CC2)CC1. The van der Waals surface area contributed by atoms with E-state index in [0.717, 1.165) is 51.9 Å². The summed E-state index contributed by atoms with van der Waals surface area (Å²) in [5.41, 5.74) is 0.848. The number of urea groups is 1. The number of anilines is 2. The van der Waals surface area contributed by atoms with Gasteiger partial charge in [-0.1, -0.05) is 17.7 Å². The molecule has 3 aromatic rings. The first-order valence-corrected chi connectivity index (χ1v) is 13.6. The molecule has 1 saturated heterocycles. The molecular weight excluding hydrogens is 523 g/mol. The van der Waals surface area contributed by atoms with Crippen molar-refractivity contribution in [2.24, 2.45) is 0 Å². The summed E-state index contributed by atoms with van der Waals surface area (Å²) in [5, 5.41) is 3.72. The summed E-state index contributed by atoms with van der Waals surface area (Å²) >= 11 is 5.95. The number of halogens is 2. The Morgan fingerprint density at radius 3 is 2.56 bits per heavy atom. The number of ether oxygens (including phenoxy) is 2. The van der Waals surface area contributed by atoms with Crippen LogP contribution in [0.5, 0.6) is 11.5 Å². The Labute approximate surface area is 232 Å². The smallest absolute Gasteiger partial charge is 0.320 e. The molecule has 0 spiro atoms. The van der Waals surface area contributed by atoms with Gasteiger partial charge in [-0.25, -0.2) is 19.2 Å². The fourth-order valence-corrected chi connectivity index (χ4v) is 5.42. The number of nitrogens with one attached hydrogen (secondary N) is 1. The molecule has 2 amide bonds. The van der Waals surface area contributed by atoms with Gasteiger partial charge in [-0.05, 0) is 50.9 Å². The number of carbonyl (C=O) groups excluding carboxylic acids is 1. The molecule has 0 atom stereocenters. The topological polar surface area (TPSA) is 83.1 Å². The molecule has 208 valence electrons. The van der Waals surface area contributed by atoms with E-state index in [0.29, 0.717) is 28.2 Å². The lowest BCUT2D eigenvalue weighted by atomic mass is 9.92. The minimum absolute atomic E-state index is 0.0221. The molecule has 0 bridgehead atoms. The van der Waals surface area contributed by atoms with Crippen molar-refractivity contribution in [1.82, 2.24) is 24.7 Å². The van der Waals surface area contributed by atoms with Crippen LogP contribution in [0.4, 0.5) is 20.7 Å². The molecule has 2 aliphatic rings. The molecule has 0 unspecified atom stereocenters. The van der Waals surface area contributed by atoms with Crippen molar-refractivity contribution in [3.63, 3.8) is 0 Å². The first kappa shape index (κ1) is 27.2. The lowest BCUT2D eigenvalue weighted by Crippen LogP contribution is -2.53. The second-order valence-corrected chi connectivity index (χ2v) is 10.6. The molecule has 1 N–H and O–H groups in total. The Bertz CT molecular complexity index is 1330. The monoisotopic (exact) mass is 556 g/mol. The van der Waals surface area contributed by atoms with Crippen molar-refractivity contribution in [3.8, 4) is 11.5 Å². The van der Waals surface area contributed by atoms with E-state index in [1.54, 1.807) is 25.3 Å². The summed E-state index contributed by atoms with van der Waals surface area (Å²) in [6.45, 7) is 3.35. The van der Waals surface area contributed by atoms with Crippen LogP contribution in [0.2, 0.25) is 5.02 Å². The quantitative estimate of drug-likeness (QED) is 0.449. The Kier molecular flexibility index (Phi) is 8.23. The lowest BCUT2D eigenvalue weighted by molar-refractivity contribution is 0.0845. The number of amides is 2. The molecule has 2 fully saturated rings. The predicted molar refractivity (Wildman–Crippen MR) is 150 cm³/mol. The second kappa shape index (κ2) is 11.8. The van der Waals surface area contributed by atoms with Gasteiger partial charge in [0, 0.05) is 50.7 Å². The molecule has 1 saturated carbocycles. The fraction of sp³-hybridized carbons (Fsp3) is 0.464. The second-order valence-electron chi connectivity index (χ2n) is 10.2. The summed E-state index contributed by atoms with van der Waals surface area (Å²) < 4.78 is 26.6. The Morgan fingerprint density at radius 1 is 1.10 bits per heavy atom. The van der Waals surface area contributed by atoms with Crippen LogP contribution in [-0.4, -0.2) is 90.2 Å². The summed E-state index contributed by atoms with van der Waals surface area (Å²) in [4.78, 5) is 27.8. The molecule has 1 aliphatic carbocycles. The highest BCUT2D eigenvalue weighted by atomic mass is 35.5. The molecule has 9 nitrogen and oxygen atoms in total. The van der Waals surface area contributed by atoms with Crippen LogP contribution in [-0.2, 0) is 0 Å². The van der Waals surface area contributed by atoms with Crippen molar-refractivity contribution in [3.05, 3.63) is 47.5 Å². The minimum atomic E-state index is -0.552. The van der Waals surface area contributed by atoms with E-state index in [1.807, 2.05) is 22.9 Å². The van der Waals surface area contributed by atoms with E-state index >= 15 is 0 Å². The number of benzene rings is 2. The molecule has 2 aromatic carbocycles. The third-order valence-corrected chi connectivity index (χ3v) is 7.98. The average molecular weight is 557 g/mol. The average Bonchev–Trinajstić information content (AvgIpc) is 2.95. The number of nitrogens with zero attached hydrogens (tertiary/aromatic N) is 5. The standard InChI is InChI=1S/C28H34ClFN6O3/c1-34-11-13-36(14-12-34)28(37)35(2)18-7-9-19(10-8-18)39-25-15-20-23(16-24(25)38-3)31-17-32-27(20)33-22-6-4-5-21(29)26(22)30/h4-6,15-19H,7-14H2,1-3H3,(H,31,32,33)/t18-,19+. The summed E-state index contributed by atoms with van der Waals surface area (Å²) in [6.07, 6.45) is 4.74. The van der Waals surface area contributed by atoms with Crippen molar-refractivity contribution >= 4 is 40.0 Å².